The van der Waals surface area contributed by atoms with Gasteiger partial charge in [0.25, 0.3) is 0 Å². The average Bonchev–Trinajstić information content (AvgIpc) is 2.96. The van der Waals surface area contributed by atoms with E-state index in [0.29, 0.717) is 12.1 Å². The highest BCUT2D eigenvalue weighted by molar-refractivity contribution is 5.56. The Kier molecular flexibility index (Phi) is 2.23. The predicted molar refractivity (Wildman–Crippen MR) is 56.0 cm³/mol. The lowest BCUT2D eigenvalue weighted by Gasteiger charge is -2.16. The number of benzene rings is 1. The van der Waals surface area contributed by atoms with Crippen molar-refractivity contribution >= 4 is 0 Å². The average molecular weight is 209 g/mol. The van der Waals surface area contributed by atoms with E-state index in [0.717, 1.165) is 19.3 Å². The fourth-order valence-electron chi connectivity index (χ4n) is 2.08. The molecule has 1 aliphatic rings. The van der Waals surface area contributed by atoms with Crippen molar-refractivity contribution in [1.29, 1.82) is 0 Å². The van der Waals surface area contributed by atoms with Gasteiger partial charge in [-0.1, -0.05) is 6.07 Å². The second-order valence-electron chi connectivity index (χ2n) is 4.15. The maximum atomic E-state index is 9.73. The maximum absolute atomic E-state index is 9.73. The van der Waals surface area contributed by atoms with Crippen molar-refractivity contribution in [3.05, 3.63) is 17.7 Å². The Hall–Kier alpha value is -1.42. The second-order valence-corrected chi connectivity index (χ2v) is 4.15. The summed E-state index contributed by atoms with van der Waals surface area (Å²) in [6.07, 6.45) is 2.74. The molecular formula is C11H15NO3. The van der Waals surface area contributed by atoms with Gasteiger partial charge in [-0.15, -0.1) is 0 Å². The number of rotatable bonds is 3. The van der Waals surface area contributed by atoms with E-state index in [1.807, 2.05) is 0 Å². The number of aromatic hydroxyl groups is 3. The molecule has 1 aliphatic carbocycles. The van der Waals surface area contributed by atoms with Crippen molar-refractivity contribution in [2.24, 2.45) is 5.73 Å². The van der Waals surface area contributed by atoms with E-state index in [9.17, 15) is 15.3 Å². The van der Waals surface area contributed by atoms with Crippen LogP contribution < -0.4 is 5.73 Å². The van der Waals surface area contributed by atoms with Gasteiger partial charge in [0.15, 0.2) is 11.5 Å². The van der Waals surface area contributed by atoms with Crippen molar-refractivity contribution in [2.45, 2.75) is 24.7 Å². The van der Waals surface area contributed by atoms with E-state index < -0.39 is 5.75 Å². The number of hydrogen-bond donors (Lipinski definition) is 4. The van der Waals surface area contributed by atoms with Crippen molar-refractivity contribution in [3.8, 4) is 17.2 Å². The summed E-state index contributed by atoms with van der Waals surface area (Å²) in [6.45, 7) is 0.557. The van der Waals surface area contributed by atoms with E-state index in [-0.39, 0.29) is 16.9 Å². The molecule has 0 amide bonds. The van der Waals surface area contributed by atoms with Gasteiger partial charge in [0, 0.05) is 11.0 Å². The Labute approximate surface area is 88.0 Å². The summed E-state index contributed by atoms with van der Waals surface area (Å²) in [7, 11) is 0. The zero-order chi connectivity index (χ0) is 11.1. The summed E-state index contributed by atoms with van der Waals surface area (Å²) in [4.78, 5) is 0. The van der Waals surface area contributed by atoms with E-state index in [4.69, 9.17) is 5.73 Å². The third-order valence-electron chi connectivity index (χ3n) is 3.18. The first-order chi connectivity index (χ1) is 7.10. The summed E-state index contributed by atoms with van der Waals surface area (Å²) in [6, 6.07) is 3.06. The summed E-state index contributed by atoms with van der Waals surface area (Å²) in [5.41, 5.74) is 6.13. The molecule has 0 radical (unpaired) electrons. The van der Waals surface area contributed by atoms with Crippen molar-refractivity contribution < 1.29 is 15.3 Å². The highest BCUT2D eigenvalue weighted by Crippen LogP contribution is 2.56. The summed E-state index contributed by atoms with van der Waals surface area (Å²) < 4.78 is 0. The van der Waals surface area contributed by atoms with Gasteiger partial charge in [-0.3, -0.25) is 0 Å². The van der Waals surface area contributed by atoms with Crippen LogP contribution in [0.15, 0.2) is 12.1 Å². The smallest absolute Gasteiger partial charge is 0.200 e. The molecule has 0 aromatic heterocycles. The summed E-state index contributed by atoms with van der Waals surface area (Å²) in [5.74, 6) is -0.934. The molecule has 0 unspecified atom stereocenters. The van der Waals surface area contributed by atoms with E-state index in [1.165, 1.54) is 6.07 Å². The fraction of sp³-hybridized carbons (Fsp3) is 0.455. The molecule has 0 spiro atoms. The van der Waals surface area contributed by atoms with Gasteiger partial charge in [-0.25, -0.2) is 0 Å². The lowest BCUT2D eigenvalue weighted by molar-refractivity contribution is 0.361. The number of phenols is 3. The highest BCUT2D eigenvalue weighted by Gasteiger charge is 2.45. The van der Waals surface area contributed by atoms with Gasteiger partial charge >= 0.3 is 0 Å². The minimum atomic E-state index is -0.434. The molecule has 0 aliphatic heterocycles. The molecule has 2 rings (SSSR count). The van der Waals surface area contributed by atoms with Gasteiger partial charge in [0.2, 0.25) is 5.75 Å². The normalized spacial score (nSPS) is 17.7. The lowest BCUT2D eigenvalue weighted by atomic mass is 9.91. The Morgan fingerprint density at radius 2 is 1.80 bits per heavy atom. The number of phenolic OH excluding ortho intramolecular Hbond substituents is 3. The molecule has 1 fully saturated rings. The van der Waals surface area contributed by atoms with E-state index >= 15 is 0 Å². The monoisotopic (exact) mass is 209 g/mol. The molecule has 4 nitrogen and oxygen atoms in total. The van der Waals surface area contributed by atoms with Crippen LogP contribution in [-0.4, -0.2) is 21.9 Å². The SMILES string of the molecule is NCCC1(c2ccc(O)c(O)c2O)CC1. The van der Waals surface area contributed by atoms with E-state index in [1.54, 1.807) is 6.07 Å². The van der Waals surface area contributed by atoms with Crippen LogP contribution in [0.1, 0.15) is 24.8 Å². The molecule has 0 bridgehead atoms. The standard InChI is InChI=1S/C11H15NO3/c12-6-5-11(3-4-11)7-1-2-8(13)10(15)9(7)14/h1-2,13-15H,3-6,12H2. The lowest BCUT2D eigenvalue weighted by Crippen LogP contribution is -2.13. The first kappa shape index (κ1) is 10.1. The molecule has 1 aromatic carbocycles. The molecule has 0 heterocycles. The molecule has 1 saturated carbocycles. The van der Waals surface area contributed by atoms with Crippen LogP contribution in [0.2, 0.25) is 0 Å². The number of nitrogens with two attached hydrogens (primary N) is 1. The minimum Gasteiger partial charge on any atom is -0.504 e. The van der Waals surface area contributed by atoms with Gasteiger partial charge < -0.3 is 21.1 Å². The molecular weight excluding hydrogens is 194 g/mol. The van der Waals surface area contributed by atoms with Crippen LogP contribution in [0, 0.1) is 0 Å². The Morgan fingerprint density at radius 1 is 1.13 bits per heavy atom. The molecule has 5 N–H and O–H groups in total. The molecule has 0 saturated heterocycles. The van der Waals surface area contributed by atoms with Crippen molar-refractivity contribution in [2.75, 3.05) is 6.54 Å². The van der Waals surface area contributed by atoms with Gasteiger partial charge in [0.05, 0.1) is 0 Å². The minimum absolute atomic E-state index is 0.0794. The number of hydrogen-bond acceptors (Lipinski definition) is 4. The predicted octanol–water partition coefficient (Wildman–Crippen LogP) is 1.18. The Bertz CT molecular complexity index is 386. The summed E-state index contributed by atoms with van der Waals surface area (Å²) >= 11 is 0. The third-order valence-corrected chi connectivity index (χ3v) is 3.18. The molecule has 15 heavy (non-hydrogen) atoms. The van der Waals surface area contributed by atoms with Crippen molar-refractivity contribution in [1.82, 2.24) is 0 Å². The largest absolute Gasteiger partial charge is 0.504 e. The van der Waals surface area contributed by atoms with Crippen molar-refractivity contribution in [3.63, 3.8) is 0 Å². The maximum Gasteiger partial charge on any atom is 0.200 e. The Balaban J connectivity index is 2.41. The quantitative estimate of drug-likeness (QED) is 0.563. The molecule has 4 heteroatoms. The third kappa shape index (κ3) is 1.51. The zero-order valence-electron chi connectivity index (χ0n) is 8.40. The first-order valence-electron chi connectivity index (χ1n) is 5.05. The molecule has 0 atom stereocenters. The van der Waals surface area contributed by atoms with Crippen LogP contribution in [0.25, 0.3) is 0 Å². The zero-order valence-corrected chi connectivity index (χ0v) is 8.40. The van der Waals surface area contributed by atoms with Gasteiger partial charge in [-0.2, -0.15) is 0 Å². The van der Waals surface area contributed by atoms with Gasteiger partial charge in [0.1, 0.15) is 0 Å². The van der Waals surface area contributed by atoms with E-state index in [2.05, 4.69) is 0 Å². The van der Waals surface area contributed by atoms with Crippen LogP contribution in [0.4, 0.5) is 0 Å². The van der Waals surface area contributed by atoms with Crippen LogP contribution in [-0.2, 0) is 5.41 Å². The first-order valence-corrected chi connectivity index (χ1v) is 5.05. The fourth-order valence-corrected chi connectivity index (χ4v) is 2.08. The topological polar surface area (TPSA) is 86.7 Å². The van der Waals surface area contributed by atoms with Gasteiger partial charge in [-0.05, 0) is 31.9 Å². The van der Waals surface area contributed by atoms with Crippen LogP contribution >= 0.6 is 0 Å². The van der Waals surface area contributed by atoms with Crippen LogP contribution in [0.3, 0.4) is 0 Å². The molecule has 1 aromatic rings. The molecule has 82 valence electrons. The summed E-state index contributed by atoms with van der Waals surface area (Å²) in [5, 5.41) is 28.4. The second kappa shape index (κ2) is 3.31. The van der Waals surface area contributed by atoms with Crippen LogP contribution in [0.5, 0.6) is 17.2 Å². The highest BCUT2D eigenvalue weighted by atomic mass is 16.3. The Morgan fingerprint density at radius 3 is 2.33 bits per heavy atom.